The van der Waals surface area contributed by atoms with Gasteiger partial charge in [0.05, 0.1) is 0 Å². The average molecular weight is 345 g/mol. The third-order valence-corrected chi connectivity index (χ3v) is 4.10. The Balaban J connectivity index is 1.53. The minimum Gasteiger partial charge on any atom is -0.445 e. The van der Waals surface area contributed by atoms with E-state index in [-0.39, 0.29) is 12.5 Å². The van der Waals surface area contributed by atoms with E-state index in [1.54, 1.807) is 29.2 Å². The first kappa shape index (κ1) is 16.3. The Bertz CT molecular complexity index is 719. The minimum absolute atomic E-state index is 0.144. The smallest absolute Gasteiger partial charge is 0.408 e. The molecule has 0 radical (unpaired) electrons. The monoisotopic (exact) mass is 344 g/mol. The summed E-state index contributed by atoms with van der Waals surface area (Å²) in [4.78, 5) is 25.9. The molecule has 0 spiro atoms. The van der Waals surface area contributed by atoms with Crippen LogP contribution >= 0.6 is 11.6 Å². The van der Waals surface area contributed by atoms with Gasteiger partial charge >= 0.3 is 6.09 Å². The molecule has 5 nitrogen and oxygen atoms in total. The first-order valence-electron chi connectivity index (χ1n) is 7.67. The summed E-state index contributed by atoms with van der Waals surface area (Å²) in [7, 11) is 0. The lowest BCUT2D eigenvalue weighted by molar-refractivity contribution is -0.118. The summed E-state index contributed by atoms with van der Waals surface area (Å²) >= 11 is 5.86. The third kappa shape index (κ3) is 3.86. The van der Waals surface area contributed by atoms with Gasteiger partial charge in [-0.15, -0.1) is 0 Å². The molecule has 0 aromatic heterocycles. The highest BCUT2D eigenvalue weighted by atomic mass is 35.5. The van der Waals surface area contributed by atoms with E-state index in [4.69, 9.17) is 16.3 Å². The van der Waals surface area contributed by atoms with Crippen LogP contribution in [0.15, 0.2) is 54.6 Å². The van der Waals surface area contributed by atoms with Crippen molar-refractivity contribution in [2.24, 2.45) is 0 Å². The zero-order chi connectivity index (χ0) is 16.9. The zero-order valence-electron chi connectivity index (χ0n) is 12.9. The quantitative estimate of drug-likeness (QED) is 0.925. The lowest BCUT2D eigenvalue weighted by Gasteiger charge is -2.17. The van der Waals surface area contributed by atoms with Crippen LogP contribution in [0.25, 0.3) is 0 Å². The van der Waals surface area contributed by atoms with E-state index in [9.17, 15) is 9.59 Å². The van der Waals surface area contributed by atoms with Crippen molar-refractivity contribution in [3.05, 3.63) is 65.2 Å². The van der Waals surface area contributed by atoms with Crippen molar-refractivity contribution in [1.29, 1.82) is 0 Å². The first-order valence-corrected chi connectivity index (χ1v) is 8.05. The van der Waals surface area contributed by atoms with E-state index in [1.165, 1.54) is 0 Å². The molecule has 1 aliphatic rings. The van der Waals surface area contributed by atoms with E-state index in [0.29, 0.717) is 18.0 Å². The average Bonchev–Trinajstić information content (AvgIpc) is 2.95. The Kier molecular flexibility index (Phi) is 5.01. The van der Waals surface area contributed by atoms with Crippen LogP contribution in [0.1, 0.15) is 12.0 Å². The van der Waals surface area contributed by atoms with Crippen LogP contribution in [0.3, 0.4) is 0 Å². The normalized spacial score (nSPS) is 17.0. The second-order valence-corrected chi connectivity index (χ2v) is 5.95. The van der Waals surface area contributed by atoms with Crippen molar-refractivity contribution >= 4 is 29.3 Å². The lowest BCUT2D eigenvalue weighted by atomic mass is 10.2. The Morgan fingerprint density at radius 2 is 1.88 bits per heavy atom. The van der Waals surface area contributed by atoms with Gasteiger partial charge in [-0.05, 0) is 36.2 Å². The summed E-state index contributed by atoms with van der Waals surface area (Å²) in [5.74, 6) is -0.144. The van der Waals surface area contributed by atoms with E-state index in [0.717, 1.165) is 11.3 Å². The van der Waals surface area contributed by atoms with Crippen LogP contribution in [0.2, 0.25) is 5.02 Å². The summed E-state index contributed by atoms with van der Waals surface area (Å²) in [6.07, 6.45) is -0.0443. The minimum atomic E-state index is -0.588. The van der Waals surface area contributed by atoms with Gasteiger partial charge in [-0.1, -0.05) is 41.9 Å². The molecule has 2 aromatic rings. The number of nitrogens with zero attached hydrogens (tertiary/aromatic N) is 1. The van der Waals surface area contributed by atoms with Gasteiger partial charge in [0.15, 0.2) is 0 Å². The molecule has 0 unspecified atom stereocenters. The van der Waals surface area contributed by atoms with E-state index in [1.807, 2.05) is 30.3 Å². The topological polar surface area (TPSA) is 58.6 Å². The molecular formula is C18H17ClN2O3. The molecule has 0 bridgehead atoms. The molecule has 2 amide bonds. The molecule has 3 rings (SSSR count). The van der Waals surface area contributed by atoms with Crippen molar-refractivity contribution in [2.75, 3.05) is 11.4 Å². The highest BCUT2D eigenvalue weighted by Gasteiger charge is 2.33. The molecule has 1 heterocycles. The van der Waals surface area contributed by atoms with Gasteiger partial charge < -0.3 is 15.0 Å². The van der Waals surface area contributed by atoms with Crippen molar-refractivity contribution < 1.29 is 14.3 Å². The number of rotatable bonds is 4. The SMILES string of the molecule is O=C(N[C@@H]1CCN(c2ccc(Cl)cc2)C1=O)OCc1ccccc1. The van der Waals surface area contributed by atoms with Gasteiger partial charge in [0, 0.05) is 17.3 Å². The molecule has 2 aromatic carbocycles. The van der Waals surface area contributed by atoms with Gasteiger partial charge in [-0.3, -0.25) is 4.79 Å². The van der Waals surface area contributed by atoms with Crippen molar-refractivity contribution in [3.63, 3.8) is 0 Å². The standard InChI is InChI=1S/C18H17ClN2O3/c19-14-6-8-15(9-7-14)21-11-10-16(17(21)22)20-18(23)24-12-13-4-2-1-3-5-13/h1-9,16H,10-12H2,(H,20,23)/t16-/m1/s1. The molecule has 1 aliphatic heterocycles. The predicted octanol–water partition coefficient (Wildman–Crippen LogP) is 3.37. The fraction of sp³-hybridized carbons (Fsp3) is 0.222. The van der Waals surface area contributed by atoms with Crippen LogP contribution in [-0.2, 0) is 16.1 Å². The van der Waals surface area contributed by atoms with E-state index >= 15 is 0 Å². The van der Waals surface area contributed by atoms with Crippen LogP contribution < -0.4 is 10.2 Å². The van der Waals surface area contributed by atoms with Crippen LogP contribution in [0, 0.1) is 0 Å². The lowest BCUT2D eigenvalue weighted by Crippen LogP contribution is -2.41. The Morgan fingerprint density at radius 1 is 1.17 bits per heavy atom. The first-order chi connectivity index (χ1) is 11.6. The molecule has 0 saturated carbocycles. The number of carbonyl (C=O) groups excluding carboxylic acids is 2. The highest BCUT2D eigenvalue weighted by Crippen LogP contribution is 2.23. The number of alkyl carbamates (subject to hydrolysis) is 1. The van der Waals surface area contributed by atoms with Gasteiger partial charge in [0.1, 0.15) is 12.6 Å². The van der Waals surface area contributed by atoms with Gasteiger partial charge in [-0.25, -0.2) is 4.79 Å². The largest absolute Gasteiger partial charge is 0.445 e. The molecule has 6 heteroatoms. The second-order valence-electron chi connectivity index (χ2n) is 5.51. The van der Waals surface area contributed by atoms with Crippen molar-refractivity contribution in [1.82, 2.24) is 5.32 Å². The van der Waals surface area contributed by atoms with E-state index in [2.05, 4.69) is 5.32 Å². The Hall–Kier alpha value is -2.53. The van der Waals surface area contributed by atoms with Crippen molar-refractivity contribution in [2.45, 2.75) is 19.1 Å². The Morgan fingerprint density at radius 3 is 2.58 bits per heavy atom. The maximum absolute atomic E-state index is 12.4. The van der Waals surface area contributed by atoms with Gasteiger partial charge in [-0.2, -0.15) is 0 Å². The summed E-state index contributed by atoms with van der Waals surface area (Å²) < 4.78 is 5.16. The number of amides is 2. The molecular weight excluding hydrogens is 328 g/mol. The highest BCUT2D eigenvalue weighted by molar-refractivity contribution is 6.30. The van der Waals surface area contributed by atoms with E-state index < -0.39 is 12.1 Å². The molecule has 24 heavy (non-hydrogen) atoms. The number of halogens is 1. The summed E-state index contributed by atoms with van der Waals surface area (Å²) in [6, 6.07) is 15.9. The number of nitrogens with one attached hydrogen (secondary N) is 1. The maximum atomic E-state index is 12.4. The predicted molar refractivity (Wildman–Crippen MR) is 92.0 cm³/mol. The molecule has 124 valence electrons. The fourth-order valence-corrected chi connectivity index (χ4v) is 2.72. The number of anilines is 1. The van der Waals surface area contributed by atoms with Crippen molar-refractivity contribution in [3.8, 4) is 0 Å². The second kappa shape index (κ2) is 7.36. The summed E-state index contributed by atoms with van der Waals surface area (Å²) in [5, 5.41) is 3.25. The molecule has 1 N–H and O–H groups in total. The molecule has 0 aliphatic carbocycles. The Labute approximate surface area is 145 Å². The van der Waals surface area contributed by atoms with Crippen LogP contribution in [0.4, 0.5) is 10.5 Å². The number of carbonyl (C=O) groups is 2. The number of benzene rings is 2. The zero-order valence-corrected chi connectivity index (χ0v) is 13.7. The number of hydrogen-bond donors (Lipinski definition) is 1. The maximum Gasteiger partial charge on any atom is 0.408 e. The summed E-state index contributed by atoms with van der Waals surface area (Å²) in [5.41, 5.74) is 1.67. The van der Waals surface area contributed by atoms with Gasteiger partial charge in [0.25, 0.3) is 0 Å². The number of ether oxygens (including phenoxy) is 1. The van der Waals surface area contributed by atoms with Crippen LogP contribution in [-0.4, -0.2) is 24.6 Å². The molecule has 1 atom stereocenters. The third-order valence-electron chi connectivity index (χ3n) is 3.85. The summed E-state index contributed by atoms with van der Waals surface area (Å²) in [6.45, 7) is 0.721. The number of hydrogen-bond acceptors (Lipinski definition) is 3. The fourth-order valence-electron chi connectivity index (χ4n) is 2.60. The molecule has 1 saturated heterocycles. The van der Waals surface area contributed by atoms with Gasteiger partial charge in [0.2, 0.25) is 5.91 Å². The molecule has 1 fully saturated rings. The van der Waals surface area contributed by atoms with Crippen LogP contribution in [0.5, 0.6) is 0 Å².